The van der Waals surface area contributed by atoms with E-state index in [4.69, 9.17) is 0 Å². The van der Waals surface area contributed by atoms with E-state index < -0.39 is 69.1 Å². The standard InChI is InChI=1S/C17H18FN3O3.C17H18N2O6S/c18-13-7-11-14(8-15(13)20-5-3-19-4-6-20)21(10-1-2-10)9-12(16(11)22)17(23)24;1-17(2)11(16(24)25)19-13(21)10(14(19)26-17)18-12(20)9(15(22)23)8-6-4-3-5-7-8/h7-10,19H,1-6H2,(H,23,24);3-7,9-11,14H,1-2H3,(H,18,20)(H,22,23)(H,24,25)/t;9?,10-,11+,14-/m.1/s1. The van der Waals surface area contributed by atoms with E-state index in [0.717, 1.165) is 25.9 Å². The number of hydrogen-bond donors (Lipinski definition) is 5. The average molecular weight is 710 g/mol. The molecule has 14 nitrogen and oxygen atoms in total. The summed E-state index contributed by atoms with van der Waals surface area (Å²) in [5.41, 5.74) is 0.469. The van der Waals surface area contributed by atoms with Crippen molar-refractivity contribution < 1.29 is 43.7 Å². The van der Waals surface area contributed by atoms with Crippen molar-refractivity contribution in [1.82, 2.24) is 20.1 Å². The van der Waals surface area contributed by atoms with Crippen LogP contribution in [0.5, 0.6) is 0 Å². The van der Waals surface area contributed by atoms with Crippen molar-refractivity contribution in [1.29, 1.82) is 0 Å². The summed E-state index contributed by atoms with van der Waals surface area (Å²) in [6, 6.07) is 9.18. The Hall–Kier alpha value is -4.96. The van der Waals surface area contributed by atoms with Crippen LogP contribution in [0.4, 0.5) is 10.1 Å². The van der Waals surface area contributed by atoms with Gasteiger partial charge in [0.25, 0.3) is 0 Å². The van der Waals surface area contributed by atoms with Crippen LogP contribution in [0.1, 0.15) is 54.6 Å². The number of β-lactam (4-membered cyclic amide) rings is 1. The maximum Gasteiger partial charge on any atom is 0.341 e. The quantitative estimate of drug-likeness (QED) is 0.169. The van der Waals surface area contributed by atoms with E-state index in [-0.39, 0.29) is 17.0 Å². The molecule has 1 saturated carbocycles. The average Bonchev–Trinajstić information content (AvgIpc) is 3.88. The van der Waals surface area contributed by atoms with Gasteiger partial charge in [-0.25, -0.2) is 14.0 Å². The number of carbonyl (C=O) groups is 5. The van der Waals surface area contributed by atoms with E-state index in [1.807, 2.05) is 9.47 Å². The first kappa shape index (κ1) is 34.9. The Kier molecular flexibility index (Phi) is 9.35. The highest BCUT2D eigenvalue weighted by Gasteiger charge is 2.64. The van der Waals surface area contributed by atoms with E-state index in [0.29, 0.717) is 29.9 Å². The number of benzene rings is 2. The molecule has 0 radical (unpaired) electrons. The highest BCUT2D eigenvalue weighted by molar-refractivity contribution is 8.01. The molecule has 4 aliphatic rings. The van der Waals surface area contributed by atoms with Crippen molar-refractivity contribution in [3.05, 3.63) is 75.8 Å². The Balaban J connectivity index is 0.000000173. The second kappa shape index (κ2) is 13.4. The van der Waals surface area contributed by atoms with Gasteiger partial charge in [-0.3, -0.25) is 19.2 Å². The molecular formula is C34H36FN5O9S. The largest absolute Gasteiger partial charge is 0.480 e. The van der Waals surface area contributed by atoms with Gasteiger partial charge < -0.3 is 40.3 Å². The Bertz CT molecular complexity index is 1940. The van der Waals surface area contributed by atoms with Crippen LogP contribution in [-0.2, 0) is 19.2 Å². The summed E-state index contributed by atoms with van der Waals surface area (Å²) >= 11 is 1.29. The van der Waals surface area contributed by atoms with Gasteiger partial charge in [0.15, 0.2) is 5.92 Å². The Morgan fingerprint density at radius 2 is 1.68 bits per heavy atom. The van der Waals surface area contributed by atoms with Crippen molar-refractivity contribution in [3.8, 4) is 0 Å². The highest BCUT2D eigenvalue weighted by atomic mass is 32.2. The summed E-state index contributed by atoms with van der Waals surface area (Å²) < 4.78 is 15.7. The van der Waals surface area contributed by atoms with E-state index in [1.165, 1.54) is 41.1 Å². The summed E-state index contributed by atoms with van der Waals surface area (Å²) in [5, 5.41) is 33.4. The number of piperazine rings is 1. The first-order valence-corrected chi connectivity index (χ1v) is 17.0. The number of carboxylic acid groups (broad SMARTS) is 3. The van der Waals surface area contributed by atoms with Gasteiger partial charge >= 0.3 is 17.9 Å². The minimum atomic E-state index is -1.44. The van der Waals surface area contributed by atoms with Gasteiger partial charge in [-0.1, -0.05) is 30.3 Å². The van der Waals surface area contributed by atoms with Crippen LogP contribution in [0.3, 0.4) is 0 Å². The summed E-state index contributed by atoms with van der Waals surface area (Å²) in [5.74, 6) is -6.91. The number of halogens is 1. The minimum absolute atomic E-state index is 0.137. The molecule has 5 N–H and O–H groups in total. The first-order valence-electron chi connectivity index (χ1n) is 16.1. The molecule has 2 amide bonds. The molecule has 4 fully saturated rings. The van der Waals surface area contributed by atoms with Crippen molar-refractivity contribution in [2.75, 3.05) is 31.1 Å². The zero-order chi connectivity index (χ0) is 36.1. The summed E-state index contributed by atoms with van der Waals surface area (Å²) in [6.45, 7) is 6.41. The third-order valence-corrected chi connectivity index (χ3v) is 10.9. The van der Waals surface area contributed by atoms with Gasteiger partial charge in [0.2, 0.25) is 17.2 Å². The van der Waals surface area contributed by atoms with E-state index >= 15 is 0 Å². The van der Waals surface area contributed by atoms with Crippen molar-refractivity contribution in [3.63, 3.8) is 0 Å². The van der Waals surface area contributed by atoms with Gasteiger partial charge in [0.05, 0.1) is 11.2 Å². The van der Waals surface area contributed by atoms with Crippen molar-refractivity contribution >= 4 is 58.1 Å². The third kappa shape index (κ3) is 6.40. The lowest BCUT2D eigenvalue weighted by Crippen LogP contribution is -2.71. The van der Waals surface area contributed by atoms with E-state index in [9.17, 15) is 48.5 Å². The molecular weight excluding hydrogens is 673 g/mol. The molecule has 0 spiro atoms. The number of aromatic carboxylic acids is 1. The summed E-state index contributed by atoms with van der Waals surface area (Å²) in [7, 11) is 0. The molecule has 1 aromatic heterocycles. The number of carbonyl (C=O) groups excluding carboxylic acids is 2. The number of amides is 2. The Labute approximate surface area is 289 Å². The van der Waals surface area contributed by atoms with Gasteiger partial charge in [-0.05, 0) is 44.4 Å². The number of aliphatic carboxylic acids is 2. The third-order valence-electron chi connectivity index (χ3n) is 9.34. The van der Waals surface area contributed by atoms with Gasteiger partial charge in [0, 0.05) is 48.6 Å². The van der Waals surface area contributed by atoms with Crippen LogP contribution >= 0.6 is 11.8 Å². The van der Waals surface area contributed by atoms with Gasteiger partial charge in [-0.2, -0.15) is 0 Å². The molecule has 1 aliphatic carbocycles. The molecule has 2 aromatic carbocycles. The number of thioether (sulfide) groups is 1. The number of aromatic nitrogens is 1. The SMILES string of the molecule is CC1(C)S[C@@H]2[C@H](NC(=O)C(C(=O)O)c3ccccc3)C(=O)N2[C@H]1C(=O)O.O=C(O)c1cn(C2CC2)c2cc(N3CCNCC3)c(F)cc2c1=O. The van der Waals surface area contributed by atoms with E-state index in [2.05, 4.69) is 10.6 Å². The number of fused-ring (bicyclic) bond motifs is 2. The fourth-order valence-electron chi connectivity index (χ4n) is 6.75. The normalized spacial score (nSPS) is 22.9. The fraction of sp³-hybridized carbons (Fsp3) is 0.412. The van der Waals surface area contributed by atoms with Gasteiger partial charge in [-0.15, -0.1) is 11.8 Å². The molecule has 3 aliphatic heterocycles. The summed E-state index contributed by atoms with van der Waals surface area (Å²) in [6.07, 6.45) is 3.29. The monoisotopic (exact) mass is 709 g/mol. The van der Waals surface area contributed by atoms with Crippen LogP contribution in [0.25, 0.3) is 10.9 Å². The lowest BCUT2D eigenvalue weighted by atomic mass is 9.94. The second-order valence-electron chi connectivity index (χ2n) is 13.1. The molecule has 4 atom stereocenters. The molecule has 3 saturated heterocycles. The highest BCUT2D eigenvalue weighted by Crippen LogP contribution is 2.51. The smallest absolute Gasteiger partial charge is 0.341 e. The molecule has 16 heteroatoms. The number of rotatable bonds is 8. The molecule has 3 aromatic rings. The van der Waals surface area contributed by atoms with Gasteiger partial charge in [0.1, 0.15) is 28.8 Å². The number of carboxylic acids is 3. The van der Waals surface area contributed by atoms with Crippen LogP contribution in [0, 0.1) is 5.82 Å². The molecule has 4 heterocycles. The number of anilines is 1. The fourth-order valence-corrected chi connectivity index (χ4v) is 8.37. The molecule has 0 bridgehead atoms. The lowest BCUT2D eigenvalue weighted by Gasteiger charge is -2.43. The number of nitrogens with one attached hydrogen (secondary N) is 2. The minimum Gasteiger partial charge on any atom is -0.480 e. The van der Waals surface area contributed by atoms with Crippen LogP contribution in [-0.4, -0.2) is 103 Å². The summed E-state index contributed by atoms with van der Waals surface area (Å²) in [4.78, 5) is 74.9. The number of hydrogen-bond acceptors (Lipinski definition) is 9. The number of nitrogens with zero attached hydrogens (tertiary/aromatic N) is 3. The van der Waals surface area contributed by atoms with Crippen molar-refractivity contribution in [2.45, 2.75) is 60.9 Å². The zero-order valence-electron chi connectivity index (χ0n) is 27.2. The molecule has 1 unspecified atom stereocenters. The van der Waals surface area contributed by atoms with Crippen LogP contribution < -0.4 is 21.0 Å². The maximum absolute atomic E-state index is 14.6. The Morgan fingerprint density at radius 3 is 2.26 bits per heavy atom. The first-order chi connectivity index (χ1) is 23.7. The Morgan fingerprint density at radius 1 is 1.02 bits per heavy atom. The van der Waals surface area contributed by atoms with Crippen molar-refractivity contribution in [2.24, 2.45) is 0 Å². The number of pyridine rings is 1. The molecule has 50 heavy (non-hydrogen) atoms. The lowest BCUT2D eigenvalue weighted by molar-refractivity contribution is -0.161. The topological polar surface area (TPSA) is 199 Å². The predicted molar refractivity (Wildman–Crippen MR) is 181 cm³/mol. The second-order valence-corrected chi connectivity index (χ2v) is 14.9. The van der Waals surface area contributed by atoms with Crippen LogP contribution in [0.15, 0.2) is 53.5 Å². The maximum atomic E-state index is 14.6. The predicted octanol–water partition coefficient (Wildman–Crippen LogP) is 2.07. The molecule has 7 rings (SSSR count). The molecule has 264 valence electrons. The zero-order valence-corrected chi connectivity index (χ0v) is 28.0. The van der Waals surface area contributed by atoms with E-state index in [1.54, 1.807) is 38.1 Å². The van der Waals surface area contributed by atoms with Crippen LogP contribution in [0.2, 0.25) is 0 Å².